The van der Waals surface area contributed by atoms with Gasteiger partial charge in [0.15, 0.2) is 0 Å². The van der Waals surface area contributed by atoms with Crippen molar-refractivity contribution in [2.24, 2.45) is 0 Å². The molecule has 6 nitrogen and oxygen atoms in total. The Balaban J connectivity index is 4.78. The molecule has 0 aromatic heterocycles. The van der Waals surface area contributed by atoms with Gasteiger partial charge in [0.05, 0.1) is 6.61 Å². The minimum Gasteiger partial charge on any atom is -0.500 e. The number of aliphatic hydroxyl groups excluding tert-OH is 3. The van der Waals surface area contributed by atoms with Gasteiger partial charge in [0, 0.05) is 0 Å². The summed E-state index contributed by atoms with van der Waals surface area (Å²) in [4.78, 5) is 20.5. The molecule has 13 heavy (non-hydrogen) atoms. The van der Waals surface area contributed by atoms with Crippen LogP contribution in [0.2, 0.25) is 0 Å². The molecule has 0 amide bonds. The Morgan fingerprint density at radius 3 is 2.08 bits per heavy atom. The average molecular weight is 194 g/mol. The van der Waals surface area contributed by atoms with Gasteiger partial charge in [-0.1, -0.05) is 0 Å². The molecule has 0 heterocycles. The third kappa shape index (κ3) is 2.80. The van der Waals surface area contributed by atoms with Gasteiger partial charge in [0.25, 0.3) is 0 Å². The smallest absolute Gasteiger partial charge is 0.374 e. The van der Waals surface area contributed by atoms with Gasteiger partial charge >= 0.3 is 5.97 Å². The molecule has 0 spiro atoms. The maximum atomic E-state index is 12.5. The molecule has 0 aromatic rings. The average Bonchev–Trinajstić information content (AvgIpc) is 2.12. The zero-order chi connectivity index (χ0) is 10.6. The highest BCUT2D eigenvalue weighted by atomic mass is 19.1. The number of halogens is 1. The molecule has 74 valence electrons. The monoisotopic (exact) mass is 194 g/mol. The van der Waals surface area contributed by atoms with E-state index >= 15 is 0 Å². The fourth-order valence-electron chi connectivity index (χ4n) is 0.440. The number of Topliss-reactive ketones (excluding diaryl/α,β-unsaturated/α-hetero) is 1. The molecule has 0 aliphatic rings. The number of carboxylic acids is 1. The Hall–Kier alpha value is -1.47. The van der Waals surface area contributed by atoms with Crippen molar-refractivity contribution in [1.82, 2.24) is 0 Å². The summed E-state index contributed by atoms with van der Waals surface area (Å²) >= 11 is 0. The molecule has 0 saturated carbocycles. The Morgan fingerprint density at radius 2 is 1.77 bits per heavy atom. The molecular weight excluding hydrogens is 187 g/mol. The second-order valence-corrected chi connectivity index (χ2v) is 2.03. The highest BCUT2D eigenvalue weighted by Crippen LogP contribution is 2.07. The topological polar surface area (TPSA) is 115 Å². The maximum absolute atomic E-state index is 12.5. The minimum atomic E-state index is -2.07. The Bertz CT molecular complexity index is 258. The number of aliphatic carboxylic acids is 1. The molecule has 0 radical (unpaired) electrons. The maximum Gasteiger partial charge on any atom is 0.374 e. The first-order valence-electron chi connectivity index (χ1n) is 3.07. The van der Waals surface area contributed by atoms with Crippen LogP contribution in [0.15, 0.2) is 11.6 Å². The molecule has 0 saturated heterocycles. The number of hydrogen-bond acceptors (Lipinski definition) is 5. The van der Waals surface area contributed by atoms with Gasteiger partial charge in [-0.3, -0.25) is 4.79 Å². The molecule has 4 N–H and O–H groups in total. The SMILES string of the molecule is O=C(O)C(O)=C(F)C(=O)C(O)CO. The number of aliphatic hydroxyl groups is 3. The summed E-state index contributed by atoms with van der Waals surface area (Å²) in [6, 6.07) is 0. The molecule has 7 heteroatoms. The number of rotatable bonds is 4. The number of ketones is 1. The molecule has 0 fully saturated rings. The lowest BCUT2D eigenvalue weighted by molar-refractivity contribution is -0.137. The van der Waals surface area contributed by atoms with Crippen LogP contribution in [0.5, 0.6) is 0 Å². The van der Waals surface area contributed by atoms with Crippen molar-refractivity contribution >= 4 is 11.8 Å². The van der Waals surface area contributed by atoms with E-state index in [0.717, 1.165) is 0 Å². The van der Waals surface area contributed by atoms with Gasteiger partial charge in [0.2, 0.25) is 17.4 Å². The molecular formula is C6H7FO6. The summed E-state index contributed by atoms with van der Waals surface area (Å²) in [5.74, 6) is -7.50. The zero-order valence-corrected chi connectivity index (χ0v) is 6.27. The third-order valence-electron chi connectivity index (χ3n) is 1.10. The van der Waals surface area contributed by atoms with E-state index in [-0.39, 0.29) is 0 Å². The zero-order valence-electron chi connectivity index (χ0n) is 6.27. The second kappa shape index (κ2) is 4.53. The van der Waals surface area contributed by atoms with Crippen LogP contribution in [-0.4, -0.2) is 44.9 Å². The first-order valence-corrected chi connectivity index (χ1v) is 3.07. The molecule has 0 aliphatic heterocycles. The lowest BCUT2D eigenvalue weighted by Crippen LogP contribution is -2.26. The largest absolute Gasteiger partial charge is 0.500 e. The van der Waals surface area contributed by atoms with Crippen molar-refractivity contribution in [3.8, 4) is 0 Å². The summed E-state index contributed by atoms with van der Waals surface area (Å²) in [6.07, 6.45) is -2.07. The first kappa shape index (κ1) is 11.5. The fraction of sp³-hybridized carbons (Fsp3) is 0.333. The molecule has 1 atom stereocenters. The molecule has 0 aliphatic carbocycles. The van der Waals surface area contributed by atoms with Gasteiger partial charge in [0.1, 0.15) is 6.10 Å². The van der Waals surface area contributed by atoms with Gasteiger partial charge in [-0.25, -0.2) is 4.79 Å². The Kier molecular flexibility index (Phi) is 4.02. The highest BCUT2D eigenvalue weighted by Gasteiger charge is 2.25. The summed E-state index contributed by atoms with van der Waals surface area (Å²) < 4.78 is 12.5. The second-order valence-electron chi connectivity index (χ2n) is 2.03. The fourth-order valence-corrected chi connectivity index (χ4v) is 0.440. The van der Waals surface area contributed by atoms with Crippen LogP contribution in [-0.2, 0) is 9.59 Å². The van der Waals surface area contributed by atoms with Crippen LogP contribution < -0.4 is 0 Å². The van der Waals surface area contributed by atoms with Crippen LogP contribution in [0.1, 0.15) is 0 Å². The van der Waals surface area contributed by atoms with Gasteiger partial charge < -0.3 is 20.4 Å². The molecule has 0 rings (SSSR count). The molecule has 0 bridgehead atoms. The normalized spacial score (nSPS) is 14.7. The van der Waals surface area contributed by atoms with Crippen LogP contribution >= 0.6 is 0 Å². The predicted molar refractivity (Wildman–Crippen MR) is 36.5 cm³/mol. The van der Waals surface area contributed by atoms with Crippen LogP contribution in [0.3, 0.4) is 0 Å². The van der Waals surface area contributed by atoms with Crippen molar-refractivity contribution in [2.45, 2.75) is 6.10 Å². The lowest BCUT2D eigenvalue weighted by atomic mass is 10.2. The Morgan fingerprint density at radius 1 is 1.31 bits per heavy atom. The summed E-state index contributed by atoms with van der Waals surface area (Å²) in [6.45, 7) is -1.06. The number of carbonyl (C=O) groups excluding carboxylic acids is 1. The summed E-state index contributed by atoms with van der Waals surface area (Å²) in [5, 5.41) is 33.1. The predicted octanol–water partition coefficient (Wildman–Crippen LogP) is -1.27. The summed E-state index contributed by atoms with van der Waals surface area (Å²) in [5.41, 5.74) is 0. The molecule has 1 unspecified atom stereocenters. The number of carboxylic acid groups (broad SMARTS) is 1. The lowest BCUT2D eigenvalue weighted by Gasteiger charge is -2.03. The van der Waals surface area contributed by atoms with Crippen LogP contribution in [0, 0.1) is 0 Å². The van der Waals surface area contributed by atoms with Crippen LogP contribution in [0.4, 0.5) is 4.39 Å². The van der Waals surface area contributed by atoms with Gasteiger partial charge in [-0.05, 0) is 0 Å². The van der Waals surface area contributed by atoms with E-state index in [1.165, 1.54) is 0 Å². The van der Waals surface area contributed by atoms with Gasteiger partial charge in [-0.15, -0.1) is 0 Å². The number of carbonyl (C=O) groups is 2. The summed E-state index contributed by atoms with van der Waals surface area (Å²) in [7, 11) is 0. The van der Waals surface area contributed by atoms with E-state index < -0.39 is 36.0 Å². The van der Waals surface area contributed by atoms with E-state index in [1.54, 1.807) is 0 Å². The third-order valence-corrected chi connectivity index (χ3v) is 1.10. The Labute approximate surface area is 71.5 Å². The van der Waals surface area contributed by atoms with E-state index in [4.69, 9.17) is 20.4 Å². The van der Waals surface area contributed by atoms with E-state index in [1.807, 2.05) is 0 Å². The quantitative estimate of drug-likeness (QED) is 0.327. The first-order chi connectivity index (χ1) is 5.91. The van der Waals surface area contributed by atoms with E-state index in [2.05, 4.69) is 0 Å². The molecule has 0 aromatic carbocycles. The number of hydrogen-bond donors (Lipinski definition) is 4. The highest BCUT2D eigenvalue weighted by molar-refractivity contribution is 6.02. The van der Waals surface area contributed by atoms with Crippen molar-refractivity contribution in [2.75, 3.05) is 6.61 Å². The minimum absolute atomic E-state index is 1.06. The van der Waals surface area contributed by atoms with Crippen molar-refractivity contribution < 1.29 is 34.4 Å². The van der Waals surface area contributed by atoms with Crippen LogP contribution in [0.25, 0.3) is 0 Å². The van der Waals surface area contributed by atoms with Crippen molar-refractivity contribution in [3.05, 3.63) is 11.6 Å². The van der Waals surface area contributed by atoms with E-state index in [9.17, 15) is 14.0 Å². The van der Waals surface area contributed by atoms with Crippen molar-refractivity contribution in [3.63, 3.8) is 0 Å². The van der Waals surface area contributed by atoms with Gasteiger partial charge in [-0.2, -0.15) is 4.39 Å². The standard InChI is InChI=1S/C6H7FO6/c7-3(5(11)6(12)13)4(10)2(9)1-8/h2,8-9,11H,1H2,(H,12,13). The van der Waals surface area contributed by atoms with Crippen molar-refractivity contribution in [1.29, 1.82) is 0 Å². The van der Waals surface area contributed by atoms with E-state index in [0.29, 0.717) is 0 Å².